The normalized spacial score (nSPS) is 37.8. The molecule has 0 heterocycles. The van der Waals surface area contributed by atoms with E-state index in [1.807, 2.05) is 7.11 Å². The fourth-order valence-electron chi connectivity index (χ4n) is 6.23. The van der Waals surface area contributed by atoms with Gasteiger partial charge in [0.1, 0.15) is 0 Å². The van der Waals surface area contributed by atoms with Crippen LogP contribution in [0.5, 0.6) is 0 Å². The van der Waals surface area contributed by atoms with Gasteiger partial charge in [-0.15, -0.1) is 0 Å². The lowest BCUT2D eigenvalue weighted by molar-refractivity contribution is -0.0993. The molecule has 1 heteroatoms. The summed E-state index contributed by atoms with van der Waals surface area (Å²) in [5.41, 5.74) is 1.47. The van der Waals surface area contributed by atoms with Gasteiger partial charge in [0, 0.05) is 7.11 Å². The minimum absolute atomic E-state index is 0.0113. The molecule has 0 N–H and O–H groups in total. The molecule has 0 aliphatic heterocycles. The van der Waals surface area contributed by atoms with Crippen LogP contribution < -0.4 is 0 Å². The maximum absolute atomic E-state index is 6.42. The molecule has 1 aromatic rings. The van der Waals surface area contributed by atoms with Gasteiger partial charge in [-0.2, -0.15) is 0 Å². The highest BCUT2D eigenvalue weighted by atomic mass is 16.5. The average molecular weight is 284 g/mol. The van der Waals surface area contributed by atoms with Crippen LogP contribution in [0.4, 0.5) is 0 Å². The van der Waals surface area contributed by atoms with Gasteiger partial charge in [-0.25, -0.2) is 0 Å². The number of hydrogen-bond acceptors (Lipinski definition) is 1. The highest BCUT2D eigenvalue weighted by Crippen LogP contribution is 2.64. The van der Waals surface area contributed by atoms with Gasteiger partial charge in [-0.05, 0) is 54.9 Å². The molecular weight excluding hydrogens is 256 g/mol. The van der Waals surface area contributed by atoms with Crippen LogP contribution in [0.3, 0.4) is 0 Å². The second kappa shape index (κ2) is 5.43. The van der Waals surface area contributed by atoms with E-state index < -0.39 is 0 Å². The first-order valence-electron chi connectivity index (χ1n) is 8.98. The third-order valence-electron chi connectivity index (χ3n) is 6.85. The molecule has 0 radical (unpaired) electrons. The van der Waals surface area contributed by atoms with Crippen molar-refractivity contribution in [3.8, 4) is 0 Å². The van der Waals surface area contributed by atoms with Crippen LogP contribution in [0.2, 0.25) is 0 Å². The molecule has 4 atom stereocenters. The van der Waals surface area contributed by atoms with Crippen LogP contribution in [-0.4, -0.2) is 7.11 Å². The molecule has 0 amide bonds. The smallest absolute Gasteiger partial charge is 0.0988 e. The lowest BCUT2D eigenvalue weighted by Gasteiger charge is -2.43. The lowest BCUT2D eigenvalue weighted by Crippen LogP contribution is -2.41. The zero-order valence-electron chi connectivity index (χ0n) is 13.3. The summed E-state index contributed by atoms with van der Waals surface area (Å²) in [5.74, 6) is 3.35. The van der Waals surface area contributed by atoms with Crippen molar-refractivity contribution in [2.24, 2.45) is 23.7 Å². The van der Waals surface area contributed by atoms with Crippen LogP contribution in [0.15, 0.2) is 30.3 Å². The second-order valence-corrected chi connectivity index (χ2v) is 7.47. The first-order chi connectivity index (χ1) is 10.4. The molecular formula is C20H28O. The van der Waals surface area contributed by atoms with E-state index in [9.17, 15) is 0 Å². The Morgan fingerprint density at radius 1 is 0.810 bits per heavy atom. The highest BCUT2D eigenvalue weighted by Gasteiger charge is 2.61. The fourth-order valence-corrected chi connectivity index (χ4v) is 6.23. The Hall–Kier alpha value is -0.820. The van der Waals surface area contributed by atoms with Gasteiger partial charge in [0.2, 0.25) is 0 Å². The average Bonchev–Trinajstić information content (AvgIpc) is 2.87. The van der Waals surface area contributed by atoms with E-state index in [0.29, 0.717) is 0 Å². The molecule has 1 aromatic carbocycles. The summed E-state index contributed by atoms with van der Waals surface area (Å²) in [6, 6.07) is 11.2. The van der Waals surface area contributed by atoms with E-state index in [1.54, 1.807) is 0 Å². The first kappa shape index (κ1) is 13.8. The summed E-state index contributed by atoms with van der Waals surface area (Å²) >= 11 is 0. The van der Waals surface area contributed by atoms with E-state index in [2.05, 4.69) is 30.3 Å². The molecule has 0 unspecified atom stereocenters. The minimum atomic E-state index is 0.0113. The molecule has 1 nitrogen and oxygen atoms in total. The van der Waals surface area contributed by atoms with Gasteiger partial charge in [0.25, 0.3) is 0 Å². The van der Waals surface area contributed by atoms with Crippen LogP contribution in [0, 0.1) is 23.7 Å². The lowest BCUT2D eigenvalue weighted by atomic mass is 9.70. The van der Waals surface area contributed by atoms with Crippen molar-refractivity contribution >= 4 is 0 Å². The van der Waals surface area contributed by atoms with Crippen molar-refractivity contribution in [1.29, 1.82) is 0 Å². The zero-order valence-corrected chi connectivity index (χ0v) is 13.3. The predicted octanol–water partition coefficient (Wildman–Crippen LogP) is 5.15. The van der Waals surface area contributed by atoms with Crippen molar-refractivity contribution in [2.75, 3.05) is 7.11 Å². The third kappa shape index (κ3) is 1.93. The van der Waals surface area contributed by atoms with Crippen LogP contribution in [-0.2, 0) is 10.3 Å². The van der Waals surface area contributed by atoms with Crippen molar-refractivity contribution in [3.63, 3.8) is 0 Å². The minimum Gasteiger partial charge on any atom is -0.373 e. The summed E-state index contributed by atoms with van der Waals surface area (Å²) < 4.78 is 6.42. The number of ether oxygens (including phenoxy) is 1. The number of methoxy groups -OCH3 is 1. The maximum atomic E-state index is 6.42. The van der Waals surface area contributed by atoms with Gasteiger partial charge < -0.3 is 4.74 Å². The number of benzene rings is 1. The van der Waals surface area contributed by atoms with Crippen molar-refractivity contribution < 1.29 is 4.74 Å². The predicted molar refractivity (Wildman–Crippen MR) is 86.0 cm³/mol. The molecule has 0 bridgehead atoms. The molecule has 0 saturated heterocycles. The van der Waals surface area contributed by atoms with Gasteiger partial charge in [0.15, 0.2) is 0 Å². The summed E-state index contributed by atoms with van der Waals surface area (Å²) in [7, 11) is 1.98. The van der Waals surface area contributed by atoms with Gasteiger partial charge in [0.05, 0.1) is 5.60 Å². The molecule has 21 heavy (non-hydrogen) atoms. The Morgan fingerprint density at radius 2 is 1.33 bits per heavy atom. The molecule has 0 spiro atoms. The fraction of sp³-hybridized carbons (Fsp3) is 0.700. The SMILES string of the molecule is COC1(c2ccccc2)[C@H]2CCCC[C@@H]2[C@H]2CCCC[C@@H]21. The summed E-state index contributed by atoms with van der Waals surface area (Å²) in [4.78, 5) is 0. The van der Waals surface area contributed by atoms with Crippen LogP contribution in [0.1, 0.15) is 56.9 Å². The molecule has 3 fully saturated rings. The van der Waals surface area contributed by atoms with Crippen molar-refractivity contribution in [3.05, 3.63) is 35.9 Å². The standard InChI is InChI=1S/C20H28O/c1-21-20(15-9-3-2-4-10-15)18-13-7-5-11-16(18)17-12-6-8-14-19(17)20/h2-4,9-10,16-19H,5-8,11-14H2,1H3/t16-,17-,18+,19+/m1/s1. The van der Waals surface area contributed by atoms with E-state index in [1.165, 1.54) is 56.9 Å². The Bertz CT molecular complexity index is 458. The summed E-state index contributed by atoms with van der Waals surface area (Å²) in [5, 5.41) is 0. The van der Waals surface area contributed by atoms with E-state index in [-0.39, 0.29) is 5.60 Å². The Morgan fingerprint density at radius 3 is 1.86 bits per heavy atom. The third-order valence-corrected chi connectivity index (χ3v) is 6.85. The van der Waals surface area contributed by atoms with Crippen molar-refractivity contribution in [1.82, 2.24) is 0 Å². The summed E-state index contributed by atoms with van der Waals surface area (Å²) in [6.07, 6.45) is 11.3. The Kier molecular flexibility index (Phi) is 3.57. The Labute approximate surface area is 129 Å². The van der Waals surface area contributed by atoms with E-state index in [0.717, 1.165) is 23.7 Å². The van der Waals surface area contributed by atoms with Gasteiger partial charge >= 0.3 is 0 Å². The zero-order chi connectivity index (χ0) is 14.3. The molecule has 0 aromatic heterocycles. The van der Waals surface area contributed by atoms with Gasteiger partial charge in [-0.1, -0.05) is 56.0 Å². The van der Waals surface area contributed by atoms with E-state index >= 15 is 0 Å². The first-order valence-corrected chi connectivity index (χ1v) is 8.98. The number of fused-ring (bicyclic) bond motifs is 3. The molecule has 114 valence electrons. The van der Waals surface area contributed by atoms with E-state index in [4.69, 9.17) is 4.74 Å². The molecule has 3 saturated carbocycles. The number of rotatable bonds is 2. The maximum Gasteiger partial charge on any atom is 0.0988 e. The Balaban J connectivity index is 1.83. The molecule has 3 aliphatic carbocycles. The monoisotopic (exact) mass is 284 g/mol. The van der Waals surface area contributed by atoms with Crippen molar-refractivity contribution in [2.45, 2.75) is 57.0 Å². The molecule has 4 rings (SSSR count). The van der Waals surface area contributed by atoms with Gasteiger partial charge in [-0.3, -0.25) is 0 Å². The summed E-state index contributed by atoms with van der Waals surface area (Å²) in [6.45, 7) is 0. The second-order valence-electron chi connectivity index (χ2n) is 7.47. The quantitative estimate of drug-likeness (QED) is 0.729. The number of hydrogen-bond donors (Lipinski definition) is 0. The highest BCUT2D eigenvalue weighted by molar-refractivity contribution is 5.29. The molecule has 3 aliphatic rings. The van der Waals surface area contributed by atoms with Crippen LogP contribution in [0.25, 0.3) is 0 Å². The van der Waals surface area contributed by atoms with Crippen LogP contribution >= 0.6 is 0 Å². The largest absolute Gasteiger partial charge is 0.373 e. The topological polar surface area (TPSA) is 9.23 Å².